The molecule has 0 unspecified atom stereocenters. The van der Waals surface area contributed by atoms with Gasteiger partial charge in [0.25, 0.3) is 0 Å². The highest BCUT2D eigenvalue weighted by Crippen LogP contribution is 2.57. The van der Waals surface area contributed by atoms with E-state index in [-0.39, 0.29) is 29.6 Å². The van der Waals surface area contributed by atoms with Gasteiger partial charge >= 0.3 is 11.9 Å². The van der Waals surface area contributed by atoms with Crippen LogP contribution in [-0.2, 0) is 23.8 Å². The maximum absolute atomic E-state index is 12.6. The van der Waals surface area contributed by atoms with Gasteiger partial charge in [0.05, 0.1) is 12.2 Å². The maximum atomic E-state index is 12.6. The minimum absolute atomic E-state index is 0.0939. The van der Waals surface area contributed by atoms with E-state index in [1.165, 1.54) is 6.92 Å². The molecule has 0 aromatic heterocycles. The molecule has 2 aliphatic heterocycles. The van der Waals surface area contributed by atoms with Gasteiger partial charge in [-0.05, 0) is 63.4 Å². The fourth-order valence-electron chi connectivity index (χ4n) is 6.51. The van der Waals surface area contributed by atoms with Gasteiger partial charge in [0.15, 0.2) is 0 Å². The molecular weight excluding hydrogens is 424 g/mol. The van der Waals surface area contributed by atoms with Crippen LogP contribution in [0.3, 0.4) is 0 Å². The van der Waals surface area contributed by atoms with E-state index in [1.54, 1.807) is 6.92 Å². The number of aliphatic hydroxyl groups is 2. The number of ether oxygens (including phenoxy) is 3. The van der Waals surface area contributed by atoms with Gasteiger partial charge in [0.2, 0.25) is 0 Å². The number of carbonyl (C=O) groups is 2. The van der Waals surface area contributed by atoms with Gasteiger partial charge in [0.1, 0.15) is 23.4 Å². The number of carbonyl (C=O) groups excluding carboxylic acids is 2. The lowest BCUT2D eigenvalue weighted by Gasteiger charge is -2.52. The van der Waals surface area contributed by atoms with E-state index < -0.39 is 41.6 Å². The number of hydrogen-bond donors (Lipinski definition) is 2. The molecule has 0 aromatic carbocycles. The lowest BCUT2D eigenvalue weighted by molar-refractivity contribution is -0.199. The molecule has 2 N–H and O–H groups in total. The van der Waals surface area contributed by atoms with Gasteiger partial charge in [-0.15, -0.1) is 0 Å². The van der Waals surface area contributed by atoms with Crippen molar-refractivity contribution in [2.24, 2.45) is 23.7 Å². The van der Waals surface area contributed by atoms with Crippen molar-refractivity contribution in [3.05, 3.63) is 12.2 Å². The fraction of sp³-hybridized carbons (Fsp3) is 0.846. The normalized spacial score (nSPS) is 43.3. The Bertz CT molecular complexity index is 760. The van der Waals surface area contributed by atoms with E-state index in [0.717, 1.165) is 0 Å². The minimum Gasteiger partial charge on any atom is -0.459 e. The van der Waals surface area contributed by atoms with Crippen molar-refractivity contribution in [2.45, 2.75) is 116 Å². The number of aliphatic hydroxyl groups excluding tert-OH is 1. The molecule has 0 aromatic rings. The van der Waals surface area contributed by atoms with Crippen LogP contribution in [0, 0.1) is 23.7 Å². The summed E-state index contributed by atoms with van der Waals surface area (Å²) >= 11 is 0. The zero-order chi connectivity index (χ0) is 24.7. The van der Waals surface area contributed by atoms with Crippen molar-refractivity contribution in [1.29, 1.82) is 0 Å². The van der Waals surface area contributed by atoms with Crippen LogP contribution in [0.1, 0.15) is 80.1 Å². The standard InChI is InChI=1S/C26H42O7/c1-8-9-21(29)33-25(6)11-10-18(28)15(4)12-19-23-22(24(25)32-19)17(14(2)3)13-20(26(23,7)30)31-16(5)27/h14,17-20,22-24,28,30H,4,8-13H2,1-3,5-7H3/t17-,18+,19-,20-,22-,23-,24-,25-,26-/m1/s1. The van der Waals surface area contributed by atoms with Gasteiger partial charge in [-0.25, -0.2) is 0 Å². The highest BCUT2D eigenvalue weighted by molar-refractivity contribution is 5.70. The first-order valence-corrected chi connectivity index (χ1v) is 12.4. The van der Waals surface area contributed by atoms with Gasteiger partial charge in [-0.3, -0.25) is 9.59 Å². The highest BCUT2D eigenvalue weighted by atomic mass is 16.6. The Labute approximate surface area is 197 Å². The SMILES string of the molecule is C=C1C[C@H]2O[C@H]([C@H]3[C@@H]2[C@](C)(O)[C@H](OC(C)=O)C[C@@H]3C(C)C)[C@](C)(OC(=O)CCC)CC[C@@H]1O. The molecule has 1 aliphatic carbocycles. The van der Waals surface area contributed by atoms with E-state index in [0.29, 0.717) is 44.1 Å². The quantitative estimate of drug-likeness (QED) is 0.472. The first-order valence-electron chi connectivity index (χ1n) is 12.4. The zero-order valence-corrected chi connectivity index (χ0v) is 21.0. The second kappa shape index (κ2) is 9.67. The third kappa shape index (κ3) is 5.01. The molecule has 2 saturated heterocycles. The van der Waals surface area contributed by atoms with Crippen LogP contribution in [-0.4, -0.2) is 57.8 Å². The van der Waals surface area contributed by atoms with Gasteiger partial charge in [0, 0.05) is 25.2 Å². The Kier molecular flexibility index (Phi) is 7.67. The van der Waals surface area contributed by atoms with Gasteiger partial charge in [-0.2, -0.15) is 0 Å². The largest absolute Gasteiger partial charge is 0.459 e. The number of rotatable bonds is 5. The number of hydrogen-bond acceptors (Lipinski definition) is 7. The van der Waals surface area contributed by atoms with E-state index in [1.807, 2.05) is 13.8 Å². The monoisotopic (exact) mass is 466 g/mol. The third-order valence-corrected chi connectivity index (χ3v) is 8.21. The van der Waals surface area contributed by atoms with E-state index >= 15 is 0 Å². The predicted octanol–water partition coefficient (Wildman–Crippen LogP) is 3.55. The molecule has 33 heavy (non-hydrogen) atoms. The van der Waals surface area contributed by atoms with Crippen LogP contribution in [0.4, 0.5) is 0 Å². The van der Waals surface area contributed by atoms with Crippen molar-refractivity contribution in [1.82, 2.24) is 0 Å². The Morgan fingerprint density at radius 1 is 1.30 bits per heavy atom. The summed E-state index contributed by atoms with van der Waals surface area (Å²) in [7, 11) is 0. The summed E-state index contributed by atoms with van der Waals surface area (Å²) in [6.45, 7) is 15.3. The summed E-state index contributed by atoms with van der Waals surface area (Å²) in [5.74, 6) is -0.830. The molecule has 9 atom stereocenters. The lowest BCUT2D eigenvalue weighted by Crippen LogP contribution is -2.61. The zero-order valence-electron chi connectivity index (χ0n) is 21.0. The van der Waals surface area contributed by atoms with Crippen LogP contribution in [0.25, 0.3) is 0 Å². The smallest absolute Gasteiger partial charge is 0.306 e. The molecule has 0 spiro atoms. The average Bonchev–Trinajstić information content (AvgIpc) is 3.09. The molecule has 1 saturated carbocycles. The molecule has 7 heteroatoms. The topological polar surface area (TPSA) is 102 Å². The second-order valence-electron chi connectivity index (χ2n) is 11.1. The van der Waals surface area contributed by atoms with Crippen molar-refractivity contribution >= 4 is 11.9 Å². The number of esters is 2. The Hall–Kier alpha value is -1.44. The molecule has 3 rings (SSSR count). The molecule has 2 heterocycles. The summed E-state index contributed by atoms with van der Waals surface area (Å²) in [5, 5.41) is 22.5. The van der Waals surface area contributed by atoms with Crippen molar-refractivity contribution in [2.75, 3.05) is 0 Å². The van der Waals surface area contributed by atoms with Crippen LogP contribution >= 0.6 is 0 Å². The van der Waals surface area contributed by atoms with Crippen LogP contribution in [0.15, 0.2) is 12.2 Å². The molecule has 2 bridgehead atoms. The highest BCUT2D eigenvalue weighted by Gasteiger charge is 2.66. The summed E-state index contributed by atoms with van der Waals surface area (Å²) in [5.41, 5.74) is -1.64. The Balaban J connectivity index is 2.10. The first-order chi connectivity index (χ1) is 15.3. The average molecular weight is 467 g/mol. The molecule has 188 valence electrons. The van der Waals surface area contributed by atoms with Gasteiger partial charge < -0.3 is 24.4 Å². The minimum atomic E-state index is -1.33. The summed E-state index contributed by atoms with van der Waals surface area (Å²) in [6, 6.07) is 0. The van der Waals surface area contributed by atoms with E-state index in [2.05, 4.69) is 20.4 Å². The van der Waals surface area contributed by atoms with E-state index in [4.69, 9.17) is 14.2 Å². The predicted molar refractivity (Wildman–Crippen MR) is 123 cm³/mol. The van der Waals surface area contributed by atoms with Crippen LogP contribution in [0.5, 0.6) is 0 Å². The van der Waals surface area contributed by atoms with Crippen molar-refractivity contribution < 1.29 is 34.0 Å². The van der Waals surface area contributed by atoms with Crippen molar-refractivity contribution in [3.8, 4) is 0 Å². The summed E-state index contributed by atoms with van der Waals surface area (Å²) in [4.78, 5) is 24.5. The molecule has 0 amide bonds. The molecule has 0 radical (unpaired) electrons. The van der Waals surface area contributed by atoms with Gasteiger partial charge in [-0.1, -0.05) is 27.4 Å². The second-order valence-corrected chi connectivity index (χ2v) is 11.1. The molecule has 3 aliphatic rings. The number of fused-ring (bicyclic) bond motifs is 5. The summed E-state index contributed by atoms with van der Waals surface area (Å²) in [6.07, 6.45) is 0.491. The van der Waals surface area contributed by atoms with Crippen LogP contribution in [0.2, 0.25) is 0 Å². The van der Waals surface area contributed by atoms with Crippen molar-refractivity contribution in [3.63, 3.8) is 0 Å². The Morgan fingerprint density at radius 3 is 2.55 bits per heavy atom. The van der Waals surface area contributed by atoms with E-state index in [9.17, 15) is 19.8 Å². The lowest BCUT2D eigenvalue weighted by atomic mass is 9.56. The molecule has 3 fully saturated rings. The molecule has 7 nitrogen and oxygen atoms in total. The fourth-order valence-corrected chi connectivity index (χ4v) is 6.51. The third-order valence-electron chi connectivity index (χ3n) is 8.21. The first kappa shape index (κ1) is 26.2. The maximum Gasteiger partial charge on any atom is 0.306 e. The summed E-state index contributed by atoms with van der Waals surface area (Å²) < 4.78 is 18.4. The Morgan fingerprint density at radius 2 is 1.97 bits per heavy atom. The molecular formula is C26H42O7. The van der Waals surface area contributed by atoms with Crippen LogP contribution < -0.4 is 0 Å².